The van der Waals surface area contributed by atoms with Gasteiger partial charge in [0.05, 0.1) is 51.7 Å². The summed E-state index contributed by atoms with van der Waals surface area (Å²) in [5, 5.41) is 31.1. The zero-order chi connectivity index (χ0) is 41.0. The molecule has 0 unspecified atom stereocenters. The van der Waals surface area contributed by atoms with Gasteiger partial charge in [-0.2, -0.15) is 40.4 Å². The van der Waals surface area contributed by atoms with Crippen LogP contribution in [0.3, 0.4) is 0 Å². The lowest BCUT2D eigenvalue weighted by Crippen LogP contribution is -2.18. The molecule has 0 atom stereocenters. The van der Waals surface area contributed by atoms with Gasteiger partial charge in [0.25, 0.3) is 0 Å². The van der Waals surface area contributed by atoms with Gasteiger partial charge < -0.3 is 49.7 Å². The number of anilines is 6. The summed E-state index contributed by atoms with van der Waals surface area (Å²) < 4.78 is 34.6. The van der Waals surface area contributed by atoms with Crippen molar-refractivity contribution in [2.24, 2.45) is 0 Å². The fourth-order valence-corrected chi connectivity index (χ4v) is 5.34. The molecule has 6 aromatic rings. The summed E-state index contributed by atoms with van der Waals surface area (Å²) >= 11 is 0. The third-order valence-electron chi connectivity index (χ3n) is 8.06. The van der Waals surface area contributed by atoms with Crippen molar-refractivity contribution in [3.05, 3.63) is 95.1 Å². The number of methoxy groups -OCH3 is 4. The van der Waals surface area contributed by atoms with Crippen molar-refractivity contribution in [2.45, 2.75) is 13.8 Å². The van der Waals surface area contributed by atoms with Gasteiger partial charge in [0, 0.05) is 24.5 Å². The maximum Gasteiger partial charge on any atom is 0.328 e. The molecule has 0 spiro atoms. The number of hydrogen-bond acceptors (Lipinski definition) is 18. The molecule has 0 aliphatic carbocycles. The van der Waals surface area contributed by atoms with E-state index in [0.717, 1.165) is 11.1 Å². The van der Waals surface area contributed by atoms with Crippen molar-refractivity contribution in [2.75, 3.05) is 62.8 Å². The zero-order valence-electron chi connectivity index (χ0n) is 32.4. The van der Waals surface area contributed by atoms with Crippen LogP contribution in [0, 0.1) is 36.5 Å². The molecule has 294 valence electrons. The molecule has 0 saturated heterocycles. The monoisotopic (exact) mass is 782 g/mol. The number of rotatable bonds is 17. The summed E-state index contributed by atoms with van der Waals surface area (Å²) in [6.07, 6.45) is 0. The summed E-state index contributed by atoms with van der Waals surface area (Å²) in [5.41, 5.74) is 4.07. The average Bonchev–Trinajstić information content (AvgIpc) is 3.23. The van der Waals surface area contributed by atoms with Crippen molar-refractivity contribution >= 4 is 35.2 Å². The normalized spacial score (nSPS) is 10.3. The lowest BCUT2D eigenvalue weighted by molar-refractivity contribution is 0.336. The van der Waals surface area contributed by atoms with E-state index in [0.29, 0.717) is 45.5 Å². The van der Waals surface area contributed by atoms with Gasteiger partial charge in [0.2, 0.25) is 35.3 Å². The minimum absolute atomic E-state index is 0.0539. The largest absolute Gasteiger partial charge is 0.493 e. The van der Waals surface area contributed by atoms with Gasteiger partial charge in [-0.1, -0.05) is 0 Å². The maximum absolute atomic E-state index is 9.23. The molecule has 4 aromatic carbocycles. The van der Waals surface area contributed by atoms with Crippen LogP contribution in [-0.4, -0.2) is 71.4 Å². The van der Waals surface area contributed by atoms with Crippen LogP contribution in [0.15, 0.2) is 72.8 Å². The minimum atomic E-state index is -0.0539. The molecule has 0 radical (unpaired) electrons. The first-order chi connectivity index (χ1) is 28.2. The van der Waals surface area contributed by atoms with E-state index in [4.69, 9.17) is 28.4 Å². The summed E-state index contributed by atoms with van der Waals surface area (Å²) in [6, 6.07) is 24.9. The van der Waals surface area contributed by atoms with Crippen molar-refractivity contribution in [1.82, 2.24) is 29.9 Å². The SMILES string of the molecule is COc1cc(C)cc(OC)c1Oc1nc(NCCNc2nc(Nc3ccc(C#N)cc3)nc(Oc3c(OC)cc(C)cc3OC)n2)nc(Nc2ccc(C#N)cc2)n1. The van der Waals surface area contributed by atoms with Crippen molar-refractivity contribution in [3.8, 4) is 58.7 Å². The van der Waals surface area contributed by atoms with Gasteiger partial charge in [-0.3, -0.25) is 0 Å². The third kappa shape index (κ3) is 9.94. The Balaban J connectivity index is 1.25. The van der Waals surface area contributed by atoms with E-state index in [-0.39, 0.29) is 60.4 Å². The molecular weight excluding hydrogens is 745 g/mol. The molecule has 2 aromatic heterocycles. The van der Waals surface area contributed by atoms with Crippen LogP contribution in [0.4, 0.5) is 35.2 Å². The molecule has 0 saturated carbocycles. The van der Waals surface area contributed by atoms with E-state index in [1.807, 2.05) is 13.8 Å². The molecule has 6 rings (SSSR count). The molecule has 18 heteroatoms. The van der Waals surface area contributed by atoms with E-state index in [1.54, 1.807) is 72.8 Å². The lowest BCUT2D eigenvalue weighted by atomic mass is 10.2. The molecule has 0 bridgehead atoms. The predicted molar refractivity (Wildman–Crippen MR) is 214 cm³/mol. The number of ether oxygens (including phenoxy) is 6. The second-order valence-electron chi connectivity index (χ2n) is 12.2. The van der Waals surface area contributed by atoms with Crippen LogP contribution in [0.25, 0.3) is 0 Å². The molecular formula is C40H38N12O6. The smallest absolute Gasteiger partial charge is 0.328 e. The quantitative estimate of drug-likeness (QED) is 0.0679. The Morgan fingerprint density at radius 1 is 0.483 bits per heavy atom. The van der Waals surface area contributed by atoms with Crippen LogP contribution < -0.4 is 49.7 Å². The van der Waals surface area contributed by atoms with E-state index in [9.17, 15) is 10.5 Å². The molecule has 0 amide bonds. The second kappa shape index (κ2) is 18.5. The summed E-state index contributed by atoms with van der Waals surface area (Å²) in [4.78, 5) is 27.0. The summed E-state index contributed by atoms with van der Waals surface area (Å²) in [5.74, 6) is 2.91. The second-order valence-corrected chi connectivity index (χ2v) is 12.2. The van der Waals surface area contributed by atoms with Gasteiger partial charge in [-0.05, 0) is 97.8 Å². The number of nitriles is 2. The maximum atomic E-state index is 9.23. The number of benzene rings is 4. The van der Waals surface area contributed by atoms with Crippen LogP contribution in [0.5, 0.6) is 46.5 Å². The van der Waals surface area contributed by atoms with Crippen LogP contribution in [0.2, 0.25) is 0 Å². The molecule has 2 heterocycles. The fourth-order valence-electron chi connectivity index (χ4n) is 5.34. The molecule has 4 N–H and O–H groups in total. The Bertz CT molecular complexity index is 2250. The van der Waals surface area contributed by atoms with E-state index in [2.05, 4.69) is 63.3 Å². The van der Waals surface area contributed by atoms with Gasteiger partial charge in [-0.15, -0.1) is 0 Å². The molecule has 18 nitrogen and oxygen atoms in total. The van der Waals surface area contributed by atoms with Gasteiger partial charge in [0.15, 0.2) is 23.0 Å². The predicted octanol–water partition coefficient (Wildman–Crippen LogP) is 7.05. The number of nitrogens with one attached hydrogen (secondary N) is 4. The Hall–Kier alpha value is -8.12. The first kappa shape index (κ1) is 39.6. The summed E-state index contributed by atoms with van der Waals surface area (Å²) in [6.45, 7) is 4.36. The highest BCUT2D eigenvalue weighted by atomic mass is 16.6. The van der Waals surface area contributed by atoms with Crippen molar-refractivity contribution < 1.29 is 28.4 Å². The van der Waals surface area contributed by atoms with Gasteiger partial charge >= 0.3 is 12.0 Å². The van der Waals surface area contributed by atoms with E-state index >= 15 is 0 Å². The number of aromatic nitrogens is 6. The van der Waals surface area contributed by atoms with E-state index < -0.39 is 0 Å². The third-order valence-corrected chi connectivity index (χ3v) is 8.06. The Morgan fingerprint density at radius 2 is 0.810 bits per heavy atom. The Kier molecular flexibility index (Phi) is 12.6. The van der Waals surface area contributed by atoms with E-state index in [1.165, 1.54) is 28.4 Å². The topological polar surface area (TPSA) is 228 Å². The van der Waals surface area contributed by atoms with Crippen molar-refractivity contribution in [3.63, 3.8) is 0 Å². The number of hydrogen-bond donors (Lipinski definition) is 4. The van der Waals surface area contributed by atoms with Crippen LogP contribution in [0.1, 0.15) is 22.3 Å². The molecule has 0 aliphatic rings. The highest BCUT2D eigenvalue weighted by molar-refractivity contribution is 5.59. The average molecular weight is 783 g/mol. The molecule has 58 heavy (non-hydrogen) atoms. The highest BCUT2D eigenvalue weighted by Gasteiger charge is 2.19. The van der Waals surface area contributed by atoms with Crippen LogP contribution >= 0.6 is 0 Å². The van der Waals surface area contributed by atoms with Gasteiger partial charge in [0.1, 0.15) is 0 Å². The van der Waals surface area contributed by atoms with Gasteiger partial charge in [-0.25, -0.2) is 0 Å². The lowest BCUT2D eigenvalue weighted by Gasteiger charge is -2.16. The Morgan fingerprint density at radius 3 is 1.12 bits per heavy atom. The van der Waals surface area contributed by atoms with Crippen molar-refractivity contribution in [1.29, 1.82) is 10.5 Å². The fraction of sp³-hybridized carbons (Fsp3) is 0.200. The summed E-state index contributed by atoms with van der Waals surface area (Å²) in [7, 11) is 6.10. The molecule has 0 fully saturated rings. The first-order valence-corrected chi connectivity index (χ1v) is 17.6. The number of aryl methyl sites for hydroxylation is 2. The number of nitrogens with zero attached hydrogens (tertiary/aromatic N) is 8. The zero-order valence-corrected chi connectivity index (χ0v) is 32.4. The first-order valence-electron chi connectivity index (χ1n) is 17.6. The highest BCUT2D eigenvalue weighted by Crippen LogP contribution is 2.42. The van der Waals surface area contributed by atoms with Crippen LogP contribution in [-0.2, 0) is 0 Å². The standard InChI is InChI=1S/C40H38N12O6/c1-23-17-29(53-3)33(30(18-23)54-4)57-39-49-35(47-37(51-39)45-27-11-7-25(21-41)8-12-27)43-15-16-44-36-48-38(46-28-13-9-26(22-42)10-14-28)52-40(50-36)58-34-31(55-5)19-24(2)20-32(34)56-6/h7-14,17-20H,15-16H2,1-6H3,(H2,43,45,47,49,51)(H2,44,46,48,50,52). The Labute approximate surface area is 333 Å². The minimum Gasteiger partial charge on any atom is -0.493 e. The molecule has 0 aliphatic heterocycles.